The molecule has 9 atom stereocenters. The maximum Gasteiger partial charge on any atom is 0.328 e. The van der Waals surface area contributed by atoms with E-state index in [0.717, 1.165) is 18.4 Å². The van der Waals surface area contributed by atoms with Gasteiger partial charge in [-0.15, -0.1) is 0 Å². The molecular formula is C41H69N5O8. The van der Waals surface area contributed by atoms with Gasteiger partial charge >= 0.3 is 5.97 Å². The Morgan fingerprint density at radius 3 is 2.00 bits per heavy atom. The summed E-state index contributed by atoms with van der Waals surface area (Å²) in [4.78, 5) is 73.5. The van der Waals surface area contributed by atoms with Gasteiger partial charge in [-0.2, -0.15) is 0 Å². The van der Waals surface area contributed by atoms with Crippen molar-refractivity contribution in [3.8, 4) is 0 Å². The number of benzene rings is 1. The average molecular weight is 760 g/mol. The van der Waals surface area contributed by atoms with E-state index in [2.05, 4.69) is 10.6 Å². The lowest BCUT2D eigenvalue weighted by Gasteiger charge is -2.41. The highest BCUT2D eigenvalue weighted by atomic mass is 16.5. The van der Waals surface area contributed by atoms with Crippen LogP contribution in [-0.2, 0) is 44.6 Å². The van der Waals surface area contributed by atoms with Gasteiger partial charge in [0, 0.05) is 34.2 Å². The third-order valence-corrected chi connectivity index (χ3v) is 11.0. The summed E-state index contributed by atoms with van der Waals surface area (Å²) < 4.78 is 16.9. The number of carbonyl (C=O) groups is 5. The van der Waals surface area contributed by atoms with Gasteiger partial charge in [-0.05, 0) is 50.3 Å². The summed E-state index contributed by atoms with van der Waals surface area (Å²) in [6.07, 6.45) is 1.08. The molecule has 306 valence electrons. The number of rotatable bonds is 21. The number of likely N-dealkylation sites (N-methyl/N-ethyl adjacent to an activating group) is 2. The fraction of sp³-hybridized carbons (Fsp3) is 0.732. The largest absolute Gasteiger partial charge is 0.467 e. The second-order valence-electron chi connectivity index (χ2n) is 15.7. The Morgan fingerprint density at radius 2 is 1.50 bits per heavy atom. The third-order valence-electron chi connectivity index (χ3n) is 11.0. The first-order valence-corrected chi connectivity index (χ1v) is 19.5. The molecule has 1 aliphatic rings. The number of amides is 4. The molecule has 13 heteroatoms. The van der Waals surface area contributed by atoms with Crippen LogP contribution in [-0.4, -0.2) is 136 Å². The number of nitrogens with zero attached hydrogens (tertiary/aromatic N) is 3. The number of hydrogen-bond acceptors (Lipinski definition) is 9. The summed E-state index contributed by atoms with van der Waals surface area (Å²) in [6.45, 7) is 14.1. The summed E-state index contributed by atoms with van der Waals surface area (Å²) in [5, 5.41) is 5.89. The molecule has 0 spiro atoms. The van der Waals surface area contributed by atoms with E-state index in [4.69, 9.17) is 14.2 Å². The number of hydrogen-bond donors (Lipinski definition) is 2. The molecule has 1 aromatic carbocycles. The summed E-state index contributed by atoms with van der Waals surface area (Å²) >= 11 is 0. The minimum atomic E-state index is -0.890. The Hall–Kier alpha value is -3.55. The fourth-order valence-electron chi connectivity index (χ4n) is 7.90. The van der Waals surface area contributed by atoms with Crippen molar-refractivity contribution in [3.05, 3.63) is 35.9 Å². The van der Waals surface area contributed by atoms with Crippen LogP contribution in [0.4, 0.5) is 0 Å². The van der Waals surface area contributed by atoms with Crippen molar-refractivity contribution in [3.63, 3.8) is 0 Å². The van der Waals surface area contributed by atoms with Crippen LogP contribution in [0.1, 0.15) is 79.7 Å². The Bertz CT molecular complexity index is 1350. The van der Waals surface area contributed by atoms with Crippen LogP contribution >= 0.6 is 0 Å². The van der Waals surface area contributed by atoms with Crippen molar-refractivity contribution in [2.24, 2.45) is 23.7 Å². The third kappa shape index (κ3) is 12.2. The lowest BCUT2D eigenvalue weighted by molar-refractivity contribution is -0.149. The topological polar surface area (TPSA) is 147 Å². The Kier molecular flexibility index (Phi) is 19.1. The molecule has 2 N–H and O–H groups in total. The van der Waals surface area contributed by atoms with Crippen molar-refractivity contribution >= 4 is 29.6 Å². The monoisotopic (exact) mass is 760 g/mol. The SMILES string of the molecule is CCC(C)[C@@H]([C@@H](CC(=O)N1CCC[C@H]1[C@H](OC)[C@@H](C)C(=O)NC(Cc1ccccc1)C(=O)OC)OC)N(C)C(=O)[C@@H](NC(=O)[C@H](C(C)C)N(C)C)C(C)C. The summed E-state index contributed by atoms with van der Waals surface area (Å²) in [7, 11) is 9.80. The van der Waals surface area contributed by atoms with Crippen LogP contribution in [0.3, 0.4) is 0 Å². The zero-order valence-corrected chi connectivity index (χ0v) is 35.1. The van der Waals surface area contributed by atoms with Crippen LogP contribution in [0, 0.1) is 23.7 Å². The highest BCUT2D eigenvalue weighted by molar-refractivity contribution is 5.90. The molecule has 2 rings (SSSR count). The predicted octanol–water partition coefficient (Wildman–Crippen LogP) is 3.53. The number of nitrogens with one attached hydrogen (secondary N) is 2. The number of methoxy groups -OCH3 is 3. The number of carbonyl (C=O) groups excluding carboxylic acids is 5. The van der Waals surface area contributed by atoms with Crippen molar-refractivity contribution in [1.29, 1.82) is 0 Å². The van der Waals surface area contributed by atoms with Crippen LogP contribution in [0.25, 0.3) is 0 Å². The standard InChI is InChI=1S/C41H69N5O8/c1-14-27(6)36(45(10)40(50)34(25(2)3)43-39(49)35(26(4)5)44(8)9)32(52-11)24-33(47)46-22-18-21-31(46)37(53-12)28(7)38(48)42-30(41(51)54-13)23-29-19-16-15-17-20-29/h15-17,19-20,25-28,30-32,34-37H,14,18,21-24H2,1-13H3,(H,42,48)(H,43,49)/t27?,28-,30?,31+,32-,34+,35+,36+,37-/m1/s1. The lowest BCUT2D eigenvalue weighted by atomic mass is 9.89. The molecule has 0 aliphatic carbocycles. The normalized spacial score (nSPS) is 19.0. The molecule has 1 aromatic rings. The molecule has 1 heterocycles. The second-order valence-corrected chi connectivity index (χ2v) is 15.7. The molecule has 0 radical (unpaired) electrons. The minimum absolute atomic E-state index is 0.00683. The van der Waals surface area contributed by atoms with Gasteiger partial charge in [0.15, 0.2) is 0 Å². The smallest absolute Gasteiger partial charge is 0.328 e. The van der Waals surface area contributed by atoms with Gasteiger partial charge in [-0.3, -0.25) is 24.1 Å². The molecule has 2 unspecified atom stereocenters. The number of esters is 1. The second kappa shape index (κ2) is 22.1. The molecule has 0 bridgehead atoms. The molecule has 4 amide bonds. The molecule has 13 nitrogen and oxygen atoms in total. The van der Waals surface area contributed by atoms with Crippen LogP contribution < -0.4 is 10.6 Å². The Morgan fingerprint density at radius 1 is 0.870 bits per heavy atom. The van der Waals surface area contributed by atoms with Crippen molar-refractivity contribution in [1.82, 2.24) is 25.3 Å². The highest BCUT2D eigenvalue weighted by Crippen LogP contribution is 2.30. The number of ether oxygens (including phenoxy) is 3. The van der Waals surface area contributed by atoms with Crippen LogP contribution in [0.15, 0.2) is 30.3 Å². The van der Waals surface area contributed by atoms with Gasteiger partial charge in [0.2, 0.25) is 23.6 Å². The predicted molar refractivity (Wildman–Crippen MR) is 209 cm³/mol. The van der Waals surface area contributed by atoms with Crippen LogP contribution in [0.5, 0.6) is 0 Å². The maximum atomic E-state index is 14.2. The summed E-state index contributed by atoms with van der Waals surface area (Å²) in [5.74, 6) is -2.41. The van der Waals surface area contributed by atoms with Gasteiger partial charge in [-0.1, -0.05) is 85.2 Å². The molecule has 1 fully saturated rings. The van der Waals surface area contributed by atoms with Gasteiger partial charge in [-0.25, -0.2) is 4.79 Å². The van der Waals surface area contributed by atoms with E-state index in [0.29, 0.717) is 13.0 Å². The maximum absolute atomic E-state index is 14.2. The number of likely N-dealkylation sites (tertiary alicyclic amines) is 1. The van der Waals surface area contributed by atoms with E-state index in [1.54, 1.807) is 30.9 Å². The zero-order chi connectivity index (χ0) is 40.9. The zero-order valence-electron chi connectivity index (χ0n) is 35.1. The first kappa shape index (κ1) is 46.6. The average Bonchev–Trinajstić information content (AvgIpc) is 3.62. The quantitative estimate of drug-likeness (QED) is 0.180. The summed E-state index contributed by atoms with van der Waals surface area (Å²) in [5.41, 5.74) is 0.876. The minimum Gasteiger partial charge on any atom is -0.467 e. The molecule has 54 heavy (non-hydrogen) atoms. The van der Waals surface area contributed by atoms with Crippen LogP contribution in [0.2, 0.25) is 0 Å². The molecular weight excluding hydrogens is 690 g/mol. The van der Waals surface area contributed by atoms with E-state index in [9.17, 15) is 24.0 Å². The van der Waals surface area contributed by atoms with E-state index < -0.39 is 48.3 Å². The molecule has 0 saturated carbocycles. The lowest BCUT2D eigenvalue weighted by Crippen LogP contribution is -2.59. The van der Waals surface area contributed by atoms with E-state index >= 15 is 0 Å². The molecule has 1 saturated heterocycles. The van der Waals surface area contributed by atoms with Gasteiger partial charge in [0.05, 0.1) is 49.8 Å². The van der Waals surface area contributed by atoms with Crippen molar-refractivity contribution in [2.75, 3.05) is 49.0 Å². The Balaban J connectivity index is 2.29. The first-order valence-electron chi connectivity index (χ1n) is 19.5. The van der Waals surface area contributed by atoms with E-state index in [1.165, 1.54) is 14.2 Å². The summed E-state index contributed by atoms with van der Waals surface area (Å²) in [6, 6.07) is 6.46. The molecule has 0 aromatic heterocycles. The fourth-order valence-corrected chi connectivity index (χ4v) is 7.90. The van der Waals surface area contributed by atoms with E-state index in [-0.39, 0.29) is 60.3 Å². The Labute approximate surface area is 324 Å². The highest BCUT2D eigenvalue weighted by Gasteiger charge is 2.43. The van der Waals surface area contributed by atoms with E-state index in [1.807, 2.05) is 90.9 Å². The van der Waals surface area contributed by atoms with Gasteiger partial charge in [0.1, 0.15) is 12.1 Å². The van der Waals surface area contributed by atoms with Crippen molar-refractivity contribution < 1.29 is 38.2 Å². The van der Waals surface area contributed by atoms with Gasteiger partial charge < -0.3 is 34.6 Å². The first-order chi connectivity index (χ1) is 25.4. The van der Waals surface area contributed by atoms with Crippen molar-refractivity contribution in [2.45, 2.75) is 123 Å². The van der Waals surface area contributed by atoms with Gasteiger partial charge in [0.25, 0.3) is 0 Å². The molecule has 1 aliphatic heterocycles.